The van der Waals surface area contributed by atoms with E-state index < -0.39 is 5.76 Å². The number of aryl methyl sites for hydroxylation is 1. The second-order valence-electron chi connectivity index (χ2n) is 5.39. The Balaban J connectivity index is 1.58. The van der Waals surface area contributed by atoms with Crippen LogP contribution < -0.4 is 11.1 Å². The fourth-order valence-corrected chi connectivity index (χ4v) is 3.45. The fraction of sp³-hybridized carbons (Fsp3) is 0.176. The van der Waals surface area contributed by atoms with E-state index in [0.717, 1.165) is 0 Å². The summed E-state index contributed by atoms with van der Waals surface area (Å²) in [4.78, 5) is 23.5. The van der Waals surface area contributed by atoms with E-state index in [9.17, 15) is 14.0 Å². The zero-order valence-electron chi connectivity index (χ0n) is 13.2. The Morgan fingerprint density at radius 2 is 2.12 bits per heavy atom. The van der Waals surface area contributed by atoms with Gasteiger partial charge in [-0.2, -0.15) is 0 Å². The van der Waals surface area contributed by atoms with Crippen LogP contribution in [0.5, 0.6) is 0 Å². The van der Waals surface area contributed by atoms with Gasteiger partial charge in [0.25, 0.3) is 0 Å². The highest BCUT2D eigenvalue weighted by Gasteiger charge is 2.09. The van der Waals surface area contributed by atoms with Crippen molar-refractivity contribution in [2.45, 2.75) is 5.75 Å². The molecule has 25 heavy (non-hydrogen) atoms. The van der Waals surface area contributed by atoms with Crippen molar-refractivity contribution < 1.29 is 13.6 Å². The van der Waals surface area contributed by atoms with Crippen molar-refractivity contribution in [1.29, 1.82) is 0 Å². The second-order valence-corrected chi connectivity index (χ2v) is 7.29. The summed E-state index contributed by atoms with van der Waals surface area (Å²) >= 11 is 4.53. The molecule has 0 fully saturated rings. The monoisotopic (exact) mass is 424 g/mol. The van der Waals surface area contributed by atoms with Crippen LogP contribution in [0.1, 0.15) is 5.56 Å². The van der Waals surface area contributed by atoms with Gasteiger partial charge in [-0.15, -0.1) is 11.8 Å². The molecular formula is C17H14BrFN2O3S. The van der Waals surface area contributed by atoms with Crippen molar-refractivity contribution >= 4 is 50.4 Å². The molecule has 8 heteroatoms. The van der Waals surface area contributed by atoms with Crippen molar-refractivity contribution in [1.82, 2.24) is 4.57 Å². The van der Waals surface area contributed by atoms with E-state index in [1.807, 2.05) is 0 Å². The Morgan fingerprint density at radius 1 is 1.32 bits per heavy atom. The number of benzene rings is 2. The molecule has 0 saturated carbocycles. The first-order valence-electron chi connectivity index (χ1n) is 7.35. The van der Waals surface area contributed by atoms with Gasteiger partial charge in [0.05, 0.1) is 11.3 Å². The topological polar surface area (TPSA) is 64.2 Å². The predicted octanol–water partition coefficient (Wildman–Crippen LogP) is 3.91. The van der Waals surface area contributed by atoms with Gasteiger partial charge in [0.1, 0.15) is 5.82 Å². The first kappa shape index (κ1) is 17.8. The van der Waals surface area contributed by atoms with Gasteiger partial charge >= 0.3 is 5.76 Å². The second kappa shape index (κ2) is 7.45. The number of halogens is 2. The molecule has 130 valence electrons. The Labute approximate surface area is 155 Å². The molecule has 0 unspecified atom stereocenters. The molecule has 1 amide bonds. The summed E-state index contributed by atoms with van der Waals surface area (Å²) in [7, 11) is 1.62. The number of thioether (sulfide) groups is 1. The molecule has 3 aromatic rings. The van der Waals surface area contributed by atoms with E-state index in [-0.39, 0.29) is 17.5 Å². The lowest BCUT2D eigenvalue weighted by atomic mass is 10.2. The molecule has 0 saturated heterocycles. The van der Waals surface area contributed by atoms with Crippen LogP contribution in [-0.4, -0.2) is 16.2 Å². The van der Waals surface area contributed by atoms with Crippen LogP contribution in [0, 0.1) is 5.82 Å². The van der Waals surface area contributed by atoms with Gasteiger partial charge in [-0.25, -0.2) is 9.18 Å². The number of nitrogens with one attached hydrogen (secondary N) is 1. The summed E-state index contributed by atoms with van der Waals surface area (Å²) in [5, 5.41) is 2.74. The van der Waals surface area contributed by atoms with Crippen LogP contribution in [0.15, 0.2) is 50.1 Å². The molecule has 5 nitrogen and oxygen atoms in total. The number of aromatic nitrogens is 1. The average molecular weight is 425 g/mol. The van der Waals surface area contributed by atoms with Gasteiger partial charge in [0, 0.05) is 29.0 Å². The number of carbonyl (C=O) groups excluding carboxylic acids is 1. The maximum absolute atomic E-state index is 13.7. The van der Waals surface area contributed by atoms with Crippen LogP contribution >= 0.6 is 27.7 Å². The molecule has 0 aliphatic rings. The molecule has 1 N–H and O–H groups in total. The predicted molar refractivity (Wildman–Crippen MR) is 100 cm³/mol. The minimum absolute atomic E-state index is 0.187. The van der Waals surface area contributed by atoms with E-state index >= 15 is 0 Å². The molecule has 0 aliphatic carbocycles. The Hall–Kier alpha value is -2.06. The first-order chi connectivity index (χ1) is 11.9. The molecule has 1 aromatic heterocycles. The molecule has 2 aromatic carbocycles. The quantitative estimate of drug-likeness (QED) is 0.674. The lowest BCUT2D eigenvalue weighted by Gasteiger charge is -2.06. The van der Waals surface area contributed by atoms with Gasteiger partial charge in [-0.05, 0) is 29.8 Å². The summed E-state index contributed by atoms with van der Waals surface area (Å²) in [5.74, 6) is -0.372. The zero-order valence-corrected chi connectivity index (χ0v) is 15.6. The van der Waals surface area contributed by atoms with Crippen molar-refractivity contribution in [3.05, 3.63) is 62.8 Å². The summed E-state index contributed by atoms with van der Waals surface area (Å²) in [6, 6.07) is 9.87. The van der Waals surface area contributed by atoms with Gasteiger partial charge in [0.2, 0.25) is 5.91 Å². The highest BCUT2D eigenvalue weighted by atomic mass is 79.9. The van der Waals surface area contributed by atoms with Crippen molar-refractivity contribution in [2.24, 2.45) is 7.05 Å². The third-order valence-electron chi connectivity index (χ3n) is 3.58. The van der Waals surface area contributed by atoms with Crippen molar-refractivity contribution in [3.8, 4) is 0 Å². The SMILES string of the molecule is Cn1c(=O)oc2cc(NC(=O)CSCc3ccc(Br)cc3F)ccc21. The largest absolute Gasteiger partial charge is 0.419 e. The summed E-state index contributed by atoms with van der Waals surface area (Å²) < 4.78 is 20.9. The molecule has 0 bridgehead atoms. The maximum Gasteiger partial charge on any atom is 0.419 e. The number of hydrogen-bond acceptors (Lipinski definition) is 4. The lowest BCUT2D eigenvalue weighted by Crippen LogP contribution is -2.14. The van der Waals surface area contributed by atoms with E-state index in [1.54, 1.807) is 37.4 Å². The van der Waals surface area contributed by atoms with Crippen molar-refractivity contribution in [3.63, 3.8) is 0 Å². The van der Waals surface area contributed by atoms with Gasteiger partial charge in [-0.1, -0.05) is 22.0 Å². The average Bonchev–Trinajstić information content (AvgIpc) is 2.83. The van der Waals surface area contributed by atoms with E-state index in [4.69, 9.17) is 4.42 Å². The lowest BCUT2D eigenvalue weighted by molar-refractivity contribution is -0.113. The number of rotatable bonds is 5. The van der Waals surface area contributed by atoms with Gasteiger partial charge < -0.3 is 9.73 Å². The minimum atomic E-state index is -0.453. The number of hydrogen-bond donors (Lipinski definition) is 1. The maximum atomic E-state index is 13.7. The minimum Gasteiger partial charge on any atom is -0.408 e. The third-order valence-corrected chi connectivity index (χ3v) is 5.06. The van der Waals surface area contributed by atoms with E-state index in [0.29, 0.717) is 32.6 Å². The summed E-state index contributed by atoms with van der Waals surface area (Å²) in [6.07, 6.45) is 0. The Morgan fingerprint density at radius 3 is 2.88 bits per heavy atom. The highest BCUT2D eigenvalue weighted by molar-refractivity contribution is 9.10. The molecular weight excluding hydrogens is 411 g/mol. The van der Waals surface area contributed by atoms with Crippen LogP contribution in [0.3, 0.4) is 0 Å². The fourth-order valence-electron chi connectivity index (χ4n) is 2.30. The van der Waals surface area contributed by atoms with Gasteiger partial charge in [0.15, 0.2) is 5.58 Å². The molecule has 1 heterocycles. The molecule has 0 aliphatic heterocycles. The highest BCUT2D eigenvalue weighted by Crippen LogP contribution is 2.21. The van der Waals surface area contributed by atoms with Gasteiger partial charge in [-0.3, -0.25) is 9.36 Å². The number of anilines is 1. The number of amides is 1. The van der Waals surface area contributed by atoms with E-state index in [2.05, 4.69) is 21.2 Å². The number of nitrogens with zero attached hydrogens (tertiary/aromatic N) is 1. The smallest absolute Gasteiger partial charge is 0.408 e. The number of fused-ring (bicyclic) bond motifs is 1. The third kappa shape index (κ3) is 4.13. The first-order valence-corrected chi connectivity index (χ1v) is 9.30. The Bertz CT molecular complexity index is 999. The summed E-state index contributed by atoms with van der Waals surface area (Å²) in [6.45, 7) is 0. The molecule has 0 radical (unpaired) electrons. The molecule has 0 atom stereocenters. The Kier molecular flexibility index (Phi) is 5.29. The van der Waals surface area contributed by atoms with E-state index in [1.165, 1.54) is 22.4 Å². The van der Waals surface area contributed by atoms with Crippen LogP contribution in [0.4, 0.5) is 10.1 Å². The van der Waals surface area contributed by atoms with Crippen LogP contribution in [0.25, 0.3) is 11.1 Å². The van der Waals surface area contributed by atoms with Crippen molar-refractivity contribution in [2.75, 3.05) is 11.1 Å². The summed E-state index contributed by atoms with van der Waals surface area (Å²) in [5.41, 5.74) is 2.16. The number of carbonyl (C=O) groups is 1. The zero-order chi connectivity index (χ0) is 18.0. The molecule has 0 spiro atoms. The number of oxazole rings is 1. The van der Waals surface area contributed by atoms with Crippen LogP contribution in [-0.2, 0) is 17.6 Å². The normalized spacial score (nSPS) is 11.0. The standard InChI is InChI=1S/C17H14BrFN2O3S/c1-21-14-5-4-12(7-15(14)24-17(21)23)20-16(22)9-25-8-10-2-3-11(18)6-13(10)19/h2-7H,8-9H2,1H3,(H,20,22). The molecule has 3 rings (SSSR count). The van der Waals surface area contributed by atoms with Crippen LogP contribution in [0.2, 0.25) is 0 Å².